The van der Waals surface area contributed by atoms with Gasteiger partial charge in [-0.25, -0.2) is 0 Å². The summed E-state index contributed by atoms with van der Waals surface area (Å²) in [5, 5.41) is 9.78. The van der Waals surface area contributed by atoms with Crippen molar-refractivity contribution in [1.29, 1.82) is 0 Å². The zero-order valence-electron chi connectivity index (χ0n) is 11.8. The van der Waals surface area contributed by atoms with Gasteiger partial charge < -0.3 is 15.2 Å². The van der Waals surface area contributed by atoms with Gasteiger partial charge in [-0.1, -0.05) is 30.3 Å². The van der Waals surface area contributed by atoms with E-state index >= 15 is 0 Å². The van der Waals surface area contributed by atoms with Gasteiger partial charge >= 0.3 is 0 Å². The third kappa shape index (κ3) is 3.85. The SMILES string of the molecule is CCc1ccccc1NC(=O)CCNc1cc(C)on1. The van der Waals surface area contributed by atoms with Crippen LogP contribution < -0.4 is 10.6 Å². The lowest BCUT2D eigenvalue weighted by Gasteiger charge is -2.09. The smallest absolute Gasteiger partial charge is 0.226 e. The number of rotatable bonds is 6. The molecule has 1 aromatic heterocycles. The second-order valence-corrected chi connectivity index (χ2v) is 4.56. The van der Waals surface area contributed by atoms with Gasteiger partial charge in [-0.2, -0.15) is 0 Å². The van der Waals surface area contributed by atoms with Crippen molar-refractivity contribution < 1.29 is 9.32 Å². The topological polar surface area (TPSA) is 67.2 Å². The molecule has 0 aliphatic carbocycles. The highest BCUT2D eigenvalue weighted by atomic mass is 16.5. The van der Waals surface area contributed by atoms with E-state index in [4.69, 9.17) is 4.52 Å². The number of amides is 1. The molecule has 1 heterocycles. The lowest BCUT2D eigenvalue weighted by atomic mass is 10.1. The van der Waals surface area contributed by atoms with Gasteiger partial charge in [0.2, 0.25) is 5.91 Å². The first kappa shape index (κ1) is 14.1. The molecule has 0 aliphatic heterocycles. The second kappa shape index (κ2) is 6.75. The molecule has 0 unspecified atom stereocenters. The van der Waals surface area contributed by atoms with Crippen LogP contribution in [0.1, 0.15) is 24.7 Å². The van der Waals surface area contributed by atoms with Gasteiger partial charge in [0.05, 0.1) is 0 Å². The Bertz CT molecular complexity index is 578. The Balaban J connectivity index is 1.80. The van der Waals surface area contributed by atoms with Crippen molar-refractivity contribution in [3.05, 3.63) is 41.7 Å². The van der Waals surface area contributed by atoms with E-state index in [2.05, 4.69) is 22.7 Å². The average Bonchev–Trinajstić information content (AvgIpc) is 2.85. The summed E-state index contributed by atoms with van der Waals surface area (Å²) in [7, 11) is 0. The van der Waals surface area contributed by atoms with Crippen LogP contribution in [0.4, 0.5) is 11.5 Å². The Morgan fingerprint density at radius 3 is 2.85 bits per heavy atom. The van der Waals surface area contributed by atoms with Crippen molar-refractivity contribution >= 4 is 17.4 Å². The number of carbonyl (C=O) groups is 1. The molecule has 2 rings (SSSR count). The summed E-state index contributed by atoms with van der Waals surface area (Å²) in [4.78, 5) is 11.9. The molecule has 0 saturated carbocycles. The molecule has 5 nitrogen and oxygen atoms in total. The molecule has 1 aromatic carbocycles. The number of benzene rings is 1. The maximum atomic E-state index is 11.9. The van der Waals surface area contributed by atoms with Gasteiger partial charge in [0.25, 0.3) is 0 Å². The van der Waals surface area contributed by atoms with Crippen LogP contribution in [-0.4, -0.2) is 17.6 Å². The van der Waals surface area contributed by atoms with E-state index in [-0.39, 0.29) is 5.91 Å². The van der Waals surface area contributed by atoms with Gasteiger partial charge in [0.1, 0.15) is 5.76 Å². The minimum atomic E-state index is -0.0152. The number of nitrogens with zero attached hydrogens (tertiary/aromatic N) is 1. The van der Waals surface area contributed by atoms with Crippen LogP contribution >= 0.6 is 0 Å². The number of carbonyl (C=O) groups excluding carboxylic acids is 1. The van der Waals surface area contributed by atoms with Gasteiger partial charge in [-0.15, -0.1) is 0 Å². The minimum absolute atomic E-state index is 0.0152. The number of nitrogens with one attached hydrogen (secondary N) is 2. The summed E-state index contributed by atoms with van der Waals surface area (Å²) in [6.45, 7) is 4.41. The average molecular weight is 273 g/mol. The van der Waals surface area contributed by atoms with E-state index in [0.29, 0.717) is 18.8 Å². The molecule has 5 heteroatoms. The molecule has 0 atom stereocenters. The molecule has 0 bridgehead atoms. The van der Waals surface area contributed by atoms with Crippen LogP contribution in [0.25, 0.3) is 0 Å². The van der Waals surface area contributed by atoms with Crippen molar-refractivity contribution in [3.8, 4) is 0 Å². The highest BCUT2D eigenvalue weighted by Crippen LogP contribution is 2.15. The molecule has 2 N–H and O–H groups in total. The maximum Gasteiger partial charge on any atom is 0.226 e. The molecule has 20 heavy (non-hydrogen) atoms. The van der Waals surface area contributed by atoms with Crippen LogP contribution in [0.2, 0.25) is 0 Å². The highest BCUT2D eigenvalue weighted by Gasteiger charge is 2.06. The quantitative estimate of drug-likeness (QED) is 0.849. The summed E-state index contributed by atoms with van der Waals surface area (Å²) in [5.74, 6) is 1.39. The minimum Gasteiger partial charge on any atom is -0.367 e. The van der Waals surface area contributed by atoms with E-state index < -0.39 is 0 Å². The number of aromatic nitrogens is 1. The molecule has 2 aromatic rings. The van der Waals surface area contributed by atoms with Crippen LogP contribution in [-0.2, 0) is 11.2 Å². The fraction of sp³-hybridized carbons (Fsp3) is 0.333. The summed E-state index contributed by atoms with van der Waals surface area (Å²) in [6, 6.07) is 9.63. The Kier molecular flexibility index (Phi) is 4.76. The van der Waals surface area contributed by atoms with Gasteiger partial charge in [-0.05, 0) is 25.0 Å². The molecule has 0 saturated heterocycles. The summed E-state index contributed by atoms with van der Waals surface area (Å²) >= 11 is 0. The number of hydrogen-bond acceptors (Lipinski definition) is 4. The number of aryl methyl sites for hydroxylation is 2. The van der Waals surface area contributed by atoms with Crippen LogP contribution in [0, 0.1) is 6.92 Å². The van der Waals surface area contributed by atoms with E-state index in [0.717, 1.165) is 23.4 Å². The number of para-hydroxylation sites is 1. The fourth-order valence-electron chi connectivity index (χ4n) is 1.92. The second-order valence-electron chi connectivity index (χ2n) is 4.56. The maximum absolute atomic E-state index is 11.9. The predicted octanol–water partition coefficient (Wildman–Crippen LogP) is 2.99. The van der Waals surface area contributed by atoms with Crippen LogP contribution in [0.15, 0.2) is 34.9 Å². The van der Waals surface area contributed by atoms with Crippen molar-refractivity contribution in [2.24, 2.45) is 0 Å². The van der Waals surface area contributed by atoms with E-state index in [1.54, 1.807) is 6.07 Å². The van der Waals surface area contributed by atoms with Crippen molar-refractivity contribution in [2.45, 2.75) is 26.7 Å². The highest BCUT2D eigenvalue weighted by molar-refractivity contribution is 5.91. The molecule has 0 fully saturated rings. The van der Waals surface area contributed by atoms with Crippen molar-refractivity contribution in [3.63, 3.8) is 0 Å². The fourth-order valence-corrected chi connectivity index (χ4v) is 1.92. The first-order valence-corrected chi connectivity index (χ1v) is 6.74. The monoisotopic (exact) mass is 273 g/mol. The molecular formula is C15H19N3O2. The Hall–Kier alpha value is -2.30. The Labute approximate surface area is 118 Å². The molecule has 0 aliphatic rings. The Morgan fingerprint density at radius 1 is 1.35 bits per heavy atom. The van der Waals surface area contributed by atoms with Gasteiger partial charge in [0, 0.05) is 24.7 Å². The zero-order chi connectivity index (χ0) is 14.4. The number of hydrogen-bond donors (Lipinski definition) is 2. The summed E-state index contributed by atoms with van der Waals surface area (Å²) in [6.07, 6.45) is 1.27. The summed E-state index contributed by atoms with van der Waals surface area (Å²) in [5.41, 5.74) is 2.03. The third-order valence-corrected chi connectivity index (χ3v) is 2.96. The van der Waals surface area contributed by atoms with Crippen molar-refractivity contribution in [1.82, 2.24) is 5.16 Å². The van der Waals surface area contributed by atoms with E-state index in [1.807, 2.05) is 31.2 Å². The van der Waals surface area contributed by atoms with Crippen LogP contribution in [0.5, 0.6) is 0 Å². The molecule has 0 radical (unpaired) electrons. The largest absolute Gasteiger partial charge is 0.367 e. The normalized spacial score (nSPS) is 10.3. The lowest BCUT2D eigenvalue weighted by Crippen LogP contribution is -2.17. The Morgan fingerprint density at radius 2 is 2.15 bits per heavy atom. The van der Waals surface area contributed by atoms with E-state index in [1.165, 1.54) is 0 Å². The first-order valence-electron chi connectivity index (χ1n) is 6.74. The molecule has 0 spiro atoms. The van der Waals surface area contributed by atoms with Gasteiger partial charge in [-0.3, -0.25) is 4.79 Å². The molecule has 106 valence electrons. The summed E-state index contributed by atoms with van der Waals surface area (Å²) < 4.78 is 4.93. The molecular weight excluding hydrogens is 254 g/mol. The standard InChI is InChI=1S/C15H19N3O2/c1-3-12-6-4-5-7-13(12)17-15(19)8-9-16-14-10-11(2)20-18-14/h4-7,10H,3,8-9H2,1-2H3,(H,16,18)(H,17,19). The van der Waals surface area contributed by atoms with Crippen molar-refractivity contribution in [2.75, 3.05) is 17.2 Å². The number of anilines is 2. The zero-order valence-corrected chi connectivity index (χ0v) is 11.8. The molecule has 1 amide bonds. The third-order valence-electron chi connectivity index (χ3n) is 2.96. The first-order chi connectivity index (χ1) is 9.69. The van der Waals surface area contributed by atoms with Gasteiger partial charge in [0.15, 0.2) is 5.82 Å². The van der Waals surface area contributed by atoms with Crippen LogP contribution in [0.3, 0.4) is 0 Å². The predicted molar refractivity (Wildman–Crippen MR) is 78.8 cm³/mol. The lowest BCUT2D eigenvalue weighted by molar-refractivity contribution is -0.115. The van der Waals surface area contributed by atoms with E-state index in [9.17, 15) is 4.79 Å².